The van der Waals surface area contributed by atoms with Crippen molar-refractivity contribution in [2.45, 2.75) is 53.0 Å². The number of likely N-dealkylation sites (tertiary alicyclic amines) is 1. The smallest absolute Gasteiger partial charge is 0.255 e. The highest BCUT2D eigenvalue weighted by Crippen LogP contribution is 2.52. The normalized spacial score (nSPS) is 30.5. The van der Waals surface area contributed by atoms with Crippen LogP contribution in [0.1, 0.15) is 56.0 Å². The lowest BCUT2D eigenvalue weighted by Crippen LogP contribution is -2.38. The Morgan fingerprint density at radius 2 is 2.00 bits per heavy atom. The Kier molecular flexibility index (Phi) is 3.62. The molecule has 1 saturated carbocycles. The fourth-order valence-electron chi connectivity index (χ4n) is 4.66. The van der Waals surface area contributed by atoms with Gasteiger partial charge in [0.25, 0.3) is 5.91 Å². The first kappa shape index (κ1) is 15.3. The summed E-state index contributed by atoms with van der Waals surface area (Å²) < 4.78 is 1.10. The molecule has 3 heteroatoms. The number of amides is 1. The SMILES string of the molecule is Cc1cccc(C(=O)N2CC3(C)CC2CC(C)(C)C3)c1I. The predicted octanol–water partition coefficient (Wildman–Crippen LogP) is 4.64. The summed E-state index contributed by atoms with van der Waals surface area (Å²) in [6, 6.07) is 6.47. The molecule has 1 amide bonds. The van der Waals surface area contributed by atoms with Crippen molar-refractivity contribution in [2.75, 3.05) is 6.54 Å². The van der Waals surface area contributed by atoms with Crippen LogP contribution in [-0.2, 0) is 0 Å². The van der Waals surface area contributed by atoms with Gasteiger partial charge in [0.2, 0.25) is 0 Å². The van der Waals surface area contributed by atoms with Crippen molar-refractivity contribution >= 4 is 28.5 Å². The summed E-state index contributed by atoms with van der Waals surface area (Å²) in [6.07, 6.45) is 3.53. The summed E-state index contributed by atoms with van der Waals surface area (Å²) in [7, 11) is 0. The van der Waals surface area contributed by atoms with Crippen LogP contribution in [0.15, 0.2) is 18.2 Å². The largest absolute Gasteiger partial charge is 0.335 e. The summed E-state index contributed by atoms with van der Waals surface area (Å²) in [5, 5.41) is 0. The predicted molar refractivity (Wildman–Crippen MR) is 94.5 cm³/mol. The van der Waals surface area contributed by atoms with E-state index in [-0.39, 0.29) is 5.91 Å². The van der Waals surface area contributed by atoms with Crippen molar-refractivity contribution in [1.29, 1.82) is 0 Å². The van der Waals surface area contributed by atoms with Gasteiger partial charge in [0.05, 0.1) is 5.56 Å². The summed E-state index contributed by atoms with van der Waals surface area (Å²) in [5.74, 6) is 0.231. The Bertz CT molecular complexity index is 595. The van der Waals surface area contributed by atoms with E-state index in [4.69, 9.17) is 0 Å². The van der Waals surface area contributed by atoms with E-state index in [9.17, 15) is 4.79 Å². The topological polar surface area (TPSA) is 20.3 Å². The molecule has 0 N–H and O–H groups in total. The highest BCUT2D eigenvalue weighted by molar-refractivity contribution is 14.1. The molecular weight excluding hydrogens is 373 g/mol. The molecule has 1 aliphatic carbocycles. The lowest BCUT2D eigenvalue weighted by atomic mass is 9.65. The number of hydrogen-bond acceptors (Lipinski definition) is 1. The number of nitrogens with zero attached hydrogens (tertiary/aromatic N) is 1. The number of rotatable bonds is 1. The van der Waals surface area contributed by atoms with Gasteiger partial charge in [-0.05, 0) is 71.2 Å². The lowest BCUT2D eigenvalue weighted by Gasteiger charge is -2.39. The maximum Gasteiger partial charge on any atom is 0.255 e. The number of carbonyl (C=O) groups is 1. The number of hydrogen-bond donors (Lipinski definition) is 0. The molecule has 1 aliphatic heterocycles. The molecule has 2 unspecified atom stereocenters. The minimum absolute atomic E-state index is 0.231. The Morgan fingerprint density at radius 3 is 2.71 bits per heavy atom. The third-order valence-electron chi connectivity index (χ3n) is 5.10. The van der Waals surface area contributed by atoms with E-state index < -0.39 is 0 Å². The van der Waals surface area contributed by atoms with Crippen LogP contribution in [0.4, 0.5) is 0 Å². The molecule has 2 fully saturated rings. The van der Waals surface area contributed by atoms with E-state index in [0.717, 1.165) is 22.1 Å². The van der Waals surface area contributed by atoms with Gasteiger partial charge in [0.1, 0.15) is 0 Å². The quantitative estimate of drug-likeness (QED) is 0.633. The Hall–Kier alpha value is -0.580. The summed E-state index contributed by atoms with van der Waals surface area (Å²) in [5.41, 5.74) is 2.73. The van der Waals surface area contributed by atoms with Crippen LogP contribution < -0.4 is 0 Å². The molecule has 114 valence electrons. The Labute approximate surface area is 141 Å². The zero-order valence-corrected chi connectivity index (χ0v) is 15.5. The molecule has 2 nitrogen and oxygen atoms in total. The standard InChI is InChI=1S/C18H24INO/c1-12-6-5-7-14(15(12)19)16(21)20-11-18(4)9-13(20)8-17(2,3)10-18/h5-7,13H,8-11H2,1-4H3. The number of fused-ring (bicyclic) bond motifs is 2. The molecule has 1 aromatic rings. The van der Waals surface area contributed by atoms with Crippen LogP contribution in [0.25, 0.3) is 0 Å². The maximum absolute atomic E-state index is 13.0. The average molecular weight is 397 g/mol. The zero-order valence-electron chi connectivity index (χ0n) is 13.4. The Balaban J connectivity index is 1.92. The van der Waals surface area contributed by atoms with Crippen LogP contribution in [0.5, 0.6) is 0 Å². The van der Waals surface area contributed by atoms with Gasteiger partial charge >= 0.3 is 0 Å². The van der Waals surface area contributed by atoms with E-state index in [0.29, 0.717) is 16.9 Å². The molecule has 2 atom stereocenters. The van der Waals surface area contributed by atoms with E-state index in [1.807, 2.05) is 12.1 Å². The lowest BCUT2D eigenvalue weighted by molar-refractivity contribution is 0.0707. The summed E-state index contributed by atoms with van der Waals surface area (Å²) in [6.45, 7) is 10.0. The number of aryl methyl sites for hydroxylation is 1. The minimum Gasteiger partial charge on any atom is -0.335 e. The number of carbonyl (C=O) groups excluding carboxylic acids is 1. The van der Waals surface area contributed by atoms with Crippen molar-refractivity contribution in [3.05, 3.63) is 32.9 Å². The molecule has 2 bridgehead atoms. The van der Waals surface area contributed by atoms with Crippen molar-refractivity contribution in [1.82, 2.24) is 4.90 Å². The molecular formula is C18H24INO. The molecule has 0 radical (unpaired) electrons. The molecule has 1 heterocycles. The second-order valence-corrected chi connectivity index (χ2v) is 9.16. The highest BCUT2D eigenvalue weighted by Gasteiger charge is 2.51. The van der Waals surface area contributed by atoms with E-state index in [1.54, 1.807) is 0 Å². The van der Waals surface area contributed by atoms with Crippen LogP contribution in [0.2, 0.25) is 0 Å². The molecule has 21 heavy (non-hydrogen) atoms. The second-order valence-electron chi connectivity index (χ2n) is 8.08. The third kappa shape index (κ3) is 2.73. The molecule has 3 rings (SSSR count). The average Bonchev–Trinajstić information content (AvgIpc) is 2.61. The van der Waals surface area contributed by atoms with Gasteiger partial charge < -0.3 is 4.90 Å². The van der Waals surface area contributed by atoms with Gasteiger partial charge in [-0.25, -0.2) is 0 Å². The van der Waals surface area contributed by atoms with Gasteiger partial charge in [-0.2, -0.15) is 0 Å². The van der Waals surface area contributed by atoms with E-state index in [1.165, 1.54) is 18.4 Å². The fraction of sp³-hybridized carbons (Fsp3) is 0.611. The molecule has 2 aliphatic rings. The Morgan fingerprint density at radius 1 is 1.29 bits per heavy atom. The van der Waals surface area contributed by atoms with Crippen LogP contribution >= 0.6 is 22.6 Å². The fourth-order valence-corrected chi connectivity index (χ4v) is 5.25. The van der Waals surface area contributed by atoms with E-state index in [2.05, 4.69) is 61.3 Å². The monoisotopic (exact) mass is 397 g/mol. The van der Waals surface area contributed by atoms with Gasteiger partial charge in [0.15, 0.2) is 0 Å². The number of halogens is 1. The molecule has 1 aromatic carbocycles. The highest BCUT2D eigenvalue weighted by atomic mass is 127. The van der Waals surface area contributed by atoms with Crippen molar-refractivity contribution in [3.8, 4) is 0 Å². The first-order valence-corrected chi connectivity index (χ1v) is 8.85. The molecule has 0 aromatic heterocycles. The van der Waals surface area contributed by atoms with Crippen molar-refractivity contribution < 1.29 is 4.79 Å². The van der Waals surface area contributed by atoms with Gasteiger partial charge in [0, 0.05) is 16.2 Å². The molecule has 1 saturated heterocycles. The zero-order chi connectivity index (χ0) is 15.4. The van der Waals surface area contributed by atoms with Gasteiger partial charge in [-0.1, -0.05) is 32.9 Å². The van der Waals surface area contributed by atoms with Crippen LogP contribution in [0, 0.1) is 21.3 Å². The number of benzene rings is 1. The first-order valence-electron chi connectivity index (χ1n) is 7.77. The van der Waals surface area contributed by atoms with Crippen LogP contribution in [0.3, 0.4) is 0 Å². The first-order chi connectivity index (χ1) is 9.71. The van der Waals surface area contributed by atoms with Crippen LogP contribution in [-0.4, -0.2) is 23.4 Å². The van der Waals surface area contributed by atoms with Crippen molar-refractivity contribution in [2.24, 2.45) is 10.8 Å². The minimum atomic E-state index is 0.231. The molecule has 0 spiro atoms. The third-order valence-corrected chi connectivity index (χ3v) is 6.53. The maximum atomic E-state index is 13.0. The second kappa shape index (κ2) is 4.97. The summed E-state index contributed by atoms with van der Waals surface area (Å²) >= 11 is 2.31. The van der Waals surface area contributed by atoms with E-state index >= 15 is 0 Å². The van der Waals surface area contributed by atoms with Gasteiger partial charge in [-0.3, -0.25) is 4.79 Å². The summed E-state index contributed by atoms with van der Waals surface area (Å²) in [4.78, 5) is 15.2. The van der Waals surface area contributed by atoms with Gasteiger partial charge in [-0.15, -0.1) is 0 Å². The van der Waals surface area contributed by atoms with Crippen molar-refractivity contribution in [3.63, 3.8) is 0 Å².